The van der Waals surface area contributed by atoms with E-state index in [-0.39, 0.29) is 30.4 Å². The monoisotopic (exact) mass is 535 g/mol. The van der Waals surface area contributed by atoms with E-state index < -0.39 is 0 Å². The van der Waals surface area contributed by atoms with Gasteiger partial charge in [-0.3, -0.25) is 9.78 Å². The third kappa shape index (κ3) is 5.06. The van der Waals surface area contributed by atoms with Gasteiger partial charge >= 0.3 is 0 Å². The molecule has 2 aromatic heterocycles. The zero-order chi connectivity index (χ0) is 25.9. The third-order valence-corrected chi connectivity index (χ3v) is 6.68. The highest BCUT2D eigenvalue weighted by molar-refractivity contribution is 7.80. The van der Waals surface area contributed by atoms with Crippen molar-refractivity contribution in [1.82, 2.24) is 14.9 Å². The molecule has 5 rings (SSSR count). The van der Waals surface area contributed by atoms with Crippen molar-refractivity contribution in [1.29, 1.82) is 0 Å². The van der Waals surface area contributed by atoms with Crippen LogP contribution in [0.5, 0.6) is 0 Å². The van der Waals surface area contributed by atoms with Crippen LogP contribution in [0, 0.1) is 5.82 Å². The average molecular weight is 536 g/mol. The van der Waals surface area contributed by atoms with Gasteiger partial charge in [-0.25, -0.2) is 4.39 Å². The van der Waals surface area contributed by atoms with Crippen molar-refractivity contribution in [2.45, 2.75) is 12.1 Å². The number of carbonyl (C=O) groups is 1. The summed E-state index contributed by atoms with van der Waals surface area (Å²) in [5.41, 5.74) is 3.56. The van der Waals surface area contributed by atoms with Gasteiger partial charge in [-0.1, -0.05) is 23.7 Å². The summed E-state index contributed by atoms with van der Waals surface area (Å²) in [6.07, 6.45) is 3.63. The van der Waals surface area contributed by atoms with E-state index in [9.17, 15) is 9.18 Å². The fourth-order valence-electron chi connectivity index (χ4n) is 4.50. The van der Waals surface area contributed by atoms with E-state index in [0.717, 1.165) is 17.1 Å². The molecule has 2 atom stereocenters. The van der Waals surface area contributed by atoms with Crippen molar-refractivity contribution in [2.75, 3.05) is 23.9 Å². The molecule has 0 saturated carbocycles. The molecule has 4 aromatic rings. The normalized spacial score (nSPS) is 17.1. The smallest absolute Gasteiger partial charge is 0.250 e. The number of nitrogens with zero attached hydrogens (tertiary/aromatic N) is 3. The number of hydrogen-bond acceptors (Lipinski definition) is 4. The molecule has 2 N–H and O–H groups in total. The fraction of sp³-hybridized carbons (Fsp3) is 0.148. The van der Waals surface area contributed by atoms with Crippen LogP contribution in [-0.2, 0) is 9.53 Å². The van der Waals surface area contributed by atoms with Crippen molar-refractivity contribution < 1.29 is 13.9 Å². The molecule has 7 nitrogen and oxygen atoms in total. The zero-order valence-electron chi connectivity index (χ0n) is 19.8. The molecule has 1 amide bonds. The van der Waals surface area contributed by atoms with Crippen LogP contribution >= 0.6 is 23.8 Å². The van der Waals surface area contributed by atoms with Crippen LogP contribution < -0.4 is 15.5 Å². The molecule has 3 heterocycles. The fourth-order valence-corrected chi connectivity index (χ4v) is 5.07. The second kappa shape index (κ2) is 10.7. The maximum absolute atomic E-state index is 14.1. The first-order valence-corrected chi connectivity index (χ1v) is 12.3. The predicted molar refractivity (Wildman–Crippen MR) is 146 cm³/mol. The van der Waals surface area contributed by atoms with Crippen molar-refractivity contribution >= 4 is 46.2 Å². The van der Waals surface area contributed by atoms with Gasteiger partial charge in [0.1, 0.15) is 18.5 Å². The lowest BCUT2D eigenvalue weighted by atomic mass is 10.0. The van der Waals surface area contributed by atoms with E-state index in [4.69, 9.17) is 28.6 Å². The summed E-state index contributed by atoms with van der Waals surface area (Å²) in [7, 11) is 1.45. The van der Waals surface area contributed by atoms with E-state index in [1.54, 1.807) is 24.4 Å². The Balaban J connectivity index is 1.59. The lowest BCUT2D eigenvalue weighted by Gasteiger charge is -2.29. The molecular weight excluding hydrogens is 513 g/mol. The van der Waals surface area contributed by atoms with Crippen LogP contribution in [0.4, 0.5) is 15.8 Å². The number of rotatable bonds is 7. The molecule has 2 aromatic carbocycles. The maximum Gasteiger partial charge on any atom is 0.250 e. The Morgan fingerprint density at radius 1 is 1.14 bits per heavy atom. The lowest BCUT2D eigenvalue weighted by Crippen LogP contribution is -2.30. The van der Waals surface area contributed by atoms with Crippen LogP contribution in [0.2, 0.25) is 5.02 Å². The minimum atomic E-state index is -0.342. The maximum atomic E-state index is 14.1. The van der Waals surface area contributed by atoms with E-state index in [1.807, 2.05) is 58.1 Å². The largest absolute Gasteiger partial charge is 0.375 e. The number of nitrogens with one attached hydrogen (secondary N) is 2. The van der Waals surface area contributed by atoms with Crippen LogP contribution in [0.3, 0.4) is 0 Å². The Kier molecular flexibility index (Phi) is 7.18. The van der Waals surface area contributed by atoms with Crippen LogP contribution in [0.15, 0.2) is 85.2 Å². The van der Waals surface area contributed by atoms with E-state index in [0.29, 0.717) is 21.5 Å². The number of thiocarbonyl (C=S) groups is 1. The quantitative estimate of drug-likeness (QED) is 0.308. The molecule has 37 heavy (non-hydrogen) atoms. The number of carbonyl (C=O) groups excluding carboxylic acids is 1. The Bertz CT molecular complexity index is 1450. The number of hydrogen-bond donors (Lipinski definition) is 2. The first-order chi connectivity index (χ1) is 18.0. The SMILES string of the molecule is COCC(=O)Nc1ccc(N2C(=S)N[C@@H](c3ccccn3)[C@@H]2c2cccn2-c2cccc(F)c2)cc1Cl. The molecule has 0 aliphatic carbocycles. The molecule has 1 saturated heterocycles. The molecule has 0 bridgehead atoms. The number of halogens is 2. The average Bonchev–Trinajstić information content (AvgIpc) is 3.50. The predicted octanol–water partition coefficient (Wildman–Crippen LogP) is 5.43. The van der Waals surface area contributed by atoms with Gasteiger partial charge < -0.3 is 24.8 Å². The molecule has 10 heteroatoms. The Labute approximate surface area is 223 Å². The van der Waals surface area contributed by atoms with Crippen molar-refractivity contribution in [3.05, 3.63) is 107 Å². The molecule has 1 aliphatic heterocycles. The van der Waals surface area contributed by atoms with Gasteiger partial charge in [-0.15, -0.1) is 0 Å². The summed E-state index contributed by atoms with van der Waals surface area (Å²) >= 11 is 12.4. The summed E-state index contributed by atoms with van der Waals surface area (Å²) in [4.78, 5) is 18.5. The summed E-state index contributed by atoms with van der Waals surface area (Å²) in [6, 6.07) is 20.7. The van der Waals surface area contributed by atoms with Gasteiger partial charge in [-0.05, 0) is 72.9 Å². The Morgan fingerprint density at radius 3 is 2.73 bits per heavy atom. The molecule has 188 valence electrons. The number of amides is 1. The van der Waals surface area contributed by atoms with Gasteiger partial charge in [0.15, 0.2) is 5.11 Å². The van der Waals surface area contributed by atoms with E-state index in [1.165, 1.54) is 19.2 Å². The number of anilines is 2. The van der Waals surface area contributed by atoms with Gasteiger partial charge in [0.2, 0.25) is 5.91 Å². The lowest BCUT2D eigenvalue weighted by molar-refractivity contribution is -0.119. The van der Waals surface area contributed by atoms with Gasteiger partial charge in [-0.2, -0.15) is 0 Å². The first-order valence-electron chi connectivity index (χ1n) is 11.5. The summed E-state index contributed by atoms with van der Waals surface area (Å²) in [6.45, 7) is -0.0802. The number of aromatic nitrogens is 2. The first kappa shape index (κ1) is 24.9. The van der Waals surface area contributed by atoms with Crippen molar-refractivity contribution in [2.24, 2.45) is 0 Å². The number of methoxy groups -OCH3 is 1. The highest BCUT2D eigenvalue weighted by Gasteiger charge is 2.42. The van der Waals surface area contributed by atoms with E-state index >= 15 is 0 Å². The van der Waals surface area contributed by atoms with Crippen molar-refractivity contribution in [3.63, 3.8) is 0 Å². The highest BCUT2D eigenvalue weighted by atomic mass is 35.5. The van der Waals surface area contributed by atoms with Gasteiger partial charge in [0.25, 0.3) is 0 Å². The second-order valence-corrected chi connectivity index (χ2v) is 9.22. The standard InChI is InChI=1S/C27H23ClFN5O2S/c1-36-16-24(35)31-21-11-10-19(15-20(21)28)34-26(25(32-27(34)37)22-8-2-3-12-30-22)23-9-5-13-33(23)18-7-4-6-17(29)14-18/h2-15,25-26H,16H2,1H3,(H,31,35)(H,32,37)/t25-,26-/m0/s1. The summed E-state index contributed by atoms with van der Waals surface area (Å²) in [5, 5.41) is 6.98. The molecule has 1 aliphatic rings. The second-order valence-electron chi connectivity index (χ2n) is 8.42. The zero-order valence-corrected chi connectivity index (χ0v) is 21.3. The van der Waals surface area contributed by atoms with Crippen molar-refractivity contribution in [3.8, 4) is 5.69 Å². The summed E-state index contributed by atoms with van der Waals surface area (Å²) < 4.78 is 20.9. The van der Waals surface area contributed by atoms with Crippen LogP contribution in [0.1, 0.15) is 23.5 Å². The Morgan fingerprint density at radius 2 is 2.00 bits per heavy atom. The molecule has 1 fully saturated rings. The van der Waals surface area contributed by atoms with Crippen LogP contribution in [0.25, 0.3) is 5.69 Å². The Hall–Kier alpha value is -3.79. The van der Waals surface area contributed by atoms with Crippen LogP contribution in [-0.4, -0.2) is 34.3 Å². The van der Waals surface area contributed by atoms with Gasteiger partial charge in [0, 0.05) is 36.6 Å². The molecule has 0 spiro atoms. The molecule has 0 unspecified atom stereocenters. The topological polar surface area (TPSA) is 71.4 Å². The third-order valence-electron chi connectivity index (χ3n) is 6.05. The number of ether oxygens (including phenoxy) is 1. The molecule has 0 radical (unpaired) electrons. The minimum absolute atomic E-state index is 0.0802. The number of pyridine rings is 1. The van der Waals surface area contributed by atoms with Gasteiger partial charge in [0.05, 0.1) is 22.4 Å². The molecular formula is C27H23ClFN5O2S. The summed E-state index contributed by atoms with van der Waals surface area (Å²) in [5.74, 6) is -0.634. The number of benzene rings is 2. The highest BCUT2D eigenvalue weighted by Crippen LogP contribution is 2.43. The minimum Gasteiger partial charge on any atom is -0.375 e. The van der Waals surface area contributed by atoms with E-state index in [2.05, 4.69) is 15.6 Å².